The van der Waals surface area contributed by atoms with Gasteiger partial charge in [0.05, 0.1) is 28.8 Å². The zero-order valence-electron chi connectivity index (χ0n) is 11.1. The molecule has 0 spiro atoms. The molecule has 0 radical (unpaired) electrons. The number of halogens is 3. The van der Waals surface area contributed by atoms with Crippen molar-refractivity contribution in [2.45, 2.75) is 26.2 Å². The number of hydrogen-bond acceptors (Lipinski definition) is 4. The molecule has 1 rings (SSSR count). The molecule has 0 bridgehead atoms. The zero-order valence-corrected chi connectivity index (χ0v) is 13.4. The van der Waals surface area contributed by atoms with E-state index in [2.05, 4.69) is 11.9 Å². The summed E-state index contributed by atoms with van der Waals surface area (Å²) in [6.07, 6.45) is 2.02. The predicted octanol–water partition coefficient (Wildman–Crippen LogP) is 3.94. The Morgan fingerprint density at radius 2 is 1.95 bits per heavy atom. The molecule has 112 valence electrons. The van der Waals surface area contributed by atoms with Crippen LogP contribution in [0, 0.1) is 0 Å². The van der Waals surface area contributed by atoms with E-state index in [9.17, 15) is 4.79 Å². The van der Waals surface area contributed by atoms with Crippen LogP contribution in [0.1, 0.15) is 25.5 Å². The second kappa shape index (κ2) is 9.40. The van der Waals surface area contributed by atoms with E-state index in [-0.39, 0.29) is 28.2 Å². The lowest BCUT2D eigenvalue weighted by Gasteiger charge is -2.07. The van der Waals surface area contributed by atoms with Gasteiger partial charge >= 0.3 is 5.97 Å². The Kier molecular flexibility index (Phi) is 8.22. The molecule has 0 aromatic carbocycles. The first-order valence-corrected chi connectivity index (χ1v) is 7.41. The molecule has 1 aromatic heterocycles. The Bertz CT molecular complexity index is 455. The molecule has 0 N–H and O–H groups in total. The largest absolute Gasteiger partial charge is 0.463 e. The molecular formula is C13H16Cl3NO3. The zero-order chi connectivity index (χ0) is 15.0. The maximum absolute atomic E-state index is 11.6. The van der Waals surface area contributed by atoms with Crippen molar-refractivity contribution in [3.05, 3.63) is 27.0 Å². The van der Waals surface area contributed by atoms with Gasteiger partial charge in [0, 0.05) is 6.61 Å². The molecular weight excluding hydrogens is 325 g/mol. The molecule has 1 aromatic rings. The average molecular weight is 341 g/mol. The fraction of sp³-hybridized carbons (Fsp3) is 0.538. The van der Waals surface area contributed by atoms with Crippen LogP contribution in [0.2, 0.25) is 15.2 Å². The van der Waals surface area contributed by atoms with Gasteiger partial charge in [0.1, 0.15) is 11.8 Å². The molecule has 0 saturated heterocycles. The van der Waals surface area contributed by atoms with Crippen LogP contribution in [0.4, 0.5) is 0 Å². The highest BCUT2D eigenvalue weighted by atomic mass is 35.5. The lowest BCUT2D eigenvalue weighted by atomic mass is 10.3. The number of pyridine rings is 1. The standard InChI is InChI=1S/C13H16Cl3NO3/c1-2-3-4-19-5-6-20-12(18)8-11-9(14)7-10(15)13(16)17-11/h7H,2-6,8H2,1H3. The number of rotatable bonds is 8. The highest BCUT2D eigenvalue weighted by Gasteiger charge is 2.12. The number of esters is 1. The van der Waals surface area contributed by atoms with Crippen molar-refractivity contribution in [3.8, 4) is 0 Å². The Morgan fingerprint density at radius 1 is 1.20 bits per heavy atom. The van der Waals surface area contributed by atoms with Crippen molar-refractivity contribution < 1.29 is 14.3 Å². The third-order valence-electron chi connectivity index (χ3n) is 2.40. The molecule has 7 heteroatoms. The lowest BCUT2D eigenvalue weighted by Crippen LogP contribution is -2.14. The fourth-order valence-electron chi connectivity index (χ4n) is 1.35. The Balaban J connectivity index is 2.34. The Labute approximate surface area is 133 Å². The van der Waals surface area contributed by atoms with Crippen LogP contribution in [0.5, 0.6) is 0 Å². The van der Waals surface area contributed by atoms with Crippen LogP contribution < -0.4 is 0 Å². The van der Waals surface area contributed by atoms with E-state index in [0.29, 0.717) is 18.9 Å². The predicted molar refractivity (Wildman–Crippen MR) is 79.7 cm³/mol. The highest BCUT2D eigenvalue weighted by Crippen LogP contribution is 2.26. The molecule has 0 amide bonds. The summed E-state index contributed by atoms with van der Waals surface area (Å²) in [5.74, 6) is -0.433. The maximum Gasteiger partial charge on any atom is 0.312 e. The van der Waals surface area contributed by atoms with Crippen LogP contribution in [0.25, 0.3) is 0 Å². The van der Waals surface area contributed by atoms with Gasteiger partial charge in [-0.2, -0.15) is 0 Å². The third-order valence-corrected chi connectivity index (χ3v) is 3.40. The van der Waals surface area contributed by atoms with E-state index in [1.165, 1.54) is 6.07 Å². The summed E-state index contributed by atoms with van der Waals surface area (Å²) in [4.78, 5) is 15.5. The summed E-state index contributed by atoms with van der Waals surface area (Å²) in [7, 11) is 0. The first-order chi connectivity index (χ1) is 9.54. The smallest absolute Gasteiger partial charge is 0.312 e. The minimum Gasteiger partial charge on any atom is -0.463 e. The van der Waals surface area contributed by atoms with Gasteiger partial charge in [-0.25, -0.2) is 4.98 Å². The van der Waals surface area contributed by atoms with Crippen LogP contribution in [-0.4, -0.2) is 30.8 Å². The average Bonchev–Trinajstić information content (AvgIpc) is 2.40. The summed E-state index contributed by atoms with van der Waals surface area (Å²) in [5, 5.41) is 0.649. The van der Waals surface area contributed by atoms with Gasteiger partial charge in [-0.05, 0) is 12.5 Å². The van der Waals surface area contributed by atoms with Crippen molar-refractivity contribution >= 4 is 40.8 Å². The summed E-state index contributed by atoms with van der Waals surface area (Å²) in [6.45, 7) is 3.35. The third kappa shape index (κ3) is 6.27. The minimum atomic E-state index is -0.433. The molecule has 0 aliphatic heterocycles. The van der Waals surface area contributed by atoms with Crippen LogP contribution >= 0.6 is 34.8 Å². The molecule has 1 heterocycles. The SMILES string of the molecule is CCCCOCCOC(=O)Cc1nc(Cl)c(Cl)cc1Cl. The number of ether oxygens (including phenoxy) is 2. The number of aromatic nitrogens is 1. The van der Waals surface area contributed by atoms with Gasteiger partial charge in [-0.1, -0.05) is 48.1 Å². The van der Waals surface area contributed by atoms with Crippen LogP contribution in [0.3, 0.4) is 0 Å². The van der Waals surface area contributed by atoms with Gasteiger partial charge in [-0.15, -0.1) is 0 Å². The normalized spacial score (nSPS) is 10.6. The molecule has 20 heavy (non-hydrogen) atoms. The van der Waals surface area contributed by atoms with Crippen molar-refractivity contribution in [1.82, 2.24) is 4.98 Å². The molecule has 0 aliphatic carbocycles. The van der Waals surface area contributed by atoms with Crippen LogP contribution in [0.15, 0.2) is 6.07 Å². The van der Waals surface area contributed by atoms with E-state index in [0.717, 1.165) is 12.8 Å². The van der Waals surface area contributed by atoms with Gasteiger partial charge in [-0.3, -0.25) is 4.79 Å². The molecule has 4 nitrogen and oxygen atoms in total. The molecule has 0 fully saturated rings. The number of unbranched alkanes of at least 4 members (excludes halogenated alkanes) is 1. The number of nitrogens with zero attached hydrogens (tertiary/aromatic N) is 1. The summed E-state index contributed by atoms with van der Waals surface area (Å²) >= 11 is 17.5. The van der Waals surface area contributed by atoms with E-state index >= 15 is 0 Å². The first kappa shape index (κ1) is 17.5. The monoisotopic (exact) mass is 339 g/mol. The van der Waals surface area contributed by atoms with Gasteiger partial charge in [0.25, 0.3) is 0 Å². The van der Waals surface area contributed by atoms with Crippen molar-refractivity contribution in [3.63, 3.8) is 0 Å². The highest BCUT2D eigenvalue weighted by molar-refractivity contribution is 6.42. The Hall–Kier alpha value is -0.550. The van der Waals surface area contributed by atoms with Crippen molar-refractivity contribution in [2.75, 3.05) is 19.8 Å². The fourth-order valence-corrected chi connectivity index (χ4v) is 1.94. The first-order valence-electron chi connectivity index (χ1n) is 6.28. The van der Waals surface area contributed by atoms with Crippen molar-refractivity contribution in [1.29, 1.82) is 0 Å². The molecule has 0 saturated carbocycles. The van der Waals surface area contributed by atoms with Crippen molar-refractivity contribution in [2.24, 2.45) is 0 Å². The van der Waals surface area contributed by atoms with Gasteiger partial charge in [0.15, 0.2) is 0 Å². The maximum atomic E-state index is 11.6. The van der Waals surface area contributed by atoms with E-state index in [1.807, 2.05) is 0 Å². The van der Waals surface area contributed by atoms with Gasteiger partial charge < -0.3 is 9.47 Å². The van der Waals surface area contributed by atoms with E-state index < -0.39 is 5.97 Å². The lowest BCUT2D eigenvalue weighted by molar-refractivity contribution is -0.144. The van der Waals surface area contributed by atoms with E-state index in [4.69, 9.17) is 44.3 Å². The molecule has 0 aliphatic rings. The summed E-state index contributed by atoms with van der Waals surface area (Å²) in [6, 6.07) is 1.45. The number of carbonyl (C=O) groups excluding carboxylic acids is 1. The molecule has 0 atom stereocenters. The van der Waals surface area contributed by atoms with Crippen LogP contribution in [-0.2, 0) is 20.7 Å². The summed E-state index contributed by atoms with van der Waals surface area (Å²) in [5.41, 5.74) is 0.345. The quantitative estimate of drug-likeness (QED) is 0.408. The Morgan fingerprint density at radius 3 is 2.65 bits per heavy atom. The summed E-state index contributed by atoms with van der Waals surface area (Å²) < 4.78 is 10.3. The number of carbonyl (C=O) groups is 1. The minimum absolute atomic E-state index is 0.0509. The van der Waals surface area contributed by atoms with Gasteiger partial charge in [0.2, 0.25) is 0 Å². The topological polar surface area (TPSA) is 48.4 Å². The molecule has 0 unspecified atom stereocenters. The number of hydrogen-bond donors (Lipinski definition) is 0. The van der Waals surface area contributed by atoms with E-state index in [1.54, 1.807) is 0 Å². The second-order valence-corrected chi connectivity index (χ2v) is 5.23. The second-order valence-electron chi connectivity index (χ2n) is 4.05.